The lowest BCUT2D eigenvalue weighted by atomic mass is 10.2. The zero-order chi connectivity index (χ0) is 15.0. The van der Waals surface area contributed by atoms with Gasteiger partial charge in [0.05, 0.1) is 11.1 Å². The highest BCUT2D eigenvalue weighted by Gasteiger charge is 2.05. The van der Waals surface area contributed by atoms with Crippen molar-refractivity contribution in [1.82, 2.24) is 10.3 Å². The van der Waals surface area contributed by atoms with E-state index in [1.165, 1.54) is 17.1 Å². The molecule has 0 spiro atoms. The highest BCUT2D eigenvalue weighted by molar-refractivity contribution is 7.80. The second-order valence-electron chi connectivity index (χ2n) is 4.21. The standard InChI is InChI=1S/C13H18N4O2S/c1-3-4-8-14-13(20)16(2)15-10-11-6-5-7-12(9-11)17(18)19/h5-7,9-10H,3-4,8H2,1-2H3,(H,14,20)/b15-10+. The minimum atomic E-state index is -0.433. The minimum absolute atomic E-state index is 0.0419. The van der Waals surface area contributed by atoms with Gasteiger partial charge in [-0.1, -0.05) is 25.5 Å². The fourth-order valence-corrected chi connectivity index (χ4v) is 1.56. The monoisotopic (exact) mass is 294 g/mol. The molecule has 6 nitrogen and oxygen atoms in total. The van der Waals surface area contributed by atoms with Gasteiger partial charge >= 0.3 is 0 Å². The van der Waals surface area contributed by atoms with Gasteiger partial charge in [-0.15, -0.1) is 0 Å². The Kier molecular flexibility index (Phi) is 6.58. The smallest absolute Gasteiger partial charge is 0.270 e. The first-order chi connectivity index (χ1) is 9.54. The van der Waals surface area contributed by atoms with Crippen molar-refractivity contribution < 1.29 is 4.92 Å². The molecule has 0 heterocycles. The van der Waals surface area contributed by atoms with Gasteiger partial charge in [0.15, 0.2) is 5.11 Å². The van der Waals surface area contributed by atoms with Crippen LogP contribution in [0.15, 0.2) is 29.4 Å². The summed E-state index contributed by atoms with van der Waals surface area (Å²) in [6.07, 6.45) is 3.68. The molecule has 108 valence electrons. The maximum Gasteiger partial charge on any atom is 0.270 e. The number of nitrogens with one attached hydrogen (secondary N) is 1. The fourth-order valence-electron chi connectivity index (χ4n) is 1.41. The lowest BCUT2D eigenvalue weighted by molar-refractivity contribution is -0.384. The number of hydrazone groups is 1. The predicted molar refractivity (Wildman–Crippen MR) is 84.0 cm³/mol. The number of non-ortho nitro benzene ring substituents is 1. The van der Waals surface area contributed by atoms with Gasteiger partial charge in [-0.2, -0.15) is 5.10 Å². The number of hydrogen-bond donors (Lipinski definition) is 1. The first-order valence-electron chi connectivity index (χ1n) is 6.34. The number of unbranched alkanes of at least 4 members (excludes halogenated alkanes) is 1. The van der Waals surface area contributed by atoms with Crippen molar-refractivity contribution in [3.63, 3.8) is 0 Å². The topological polar surface area (TPSA) is 70.8 Å². The quantitative estimate of drug-likeness (QED) is 0.287. The van der Waals surface area contributed by atoms with Crippen molar-refractivity contribution in [2.45, 2.75) is 19.8 Å². The number of nitro groups is 1. The summed E-state index contributed by atoms with van der Waals surface area (Å²) >= 11 is 5.17. The van der Waals surface area contributed by atoms with Gasteiger partial charge in [0.25, 0.3) is 5.69 Å². The first kappa shape index (κ1) is 16.0. The molecule has 1 aromatic rings. The van der Waals surface area contributed by atoms with E-state index in [1.807, 2.05) is 0 Å². The normalized spacial score (nSPS) is 10.5. The minimum Gasteiger partial charge on any atom is -0.361 e. The number of nitro benzene ring substituents is 1. The predicted octanol–water partition coefficient (Wildman–Crippen LogP) is 2.54. The summed E-state index contributed by atoms with van der Waals surface area (Å²) in [5, 5.41) is 20.0. The van der Waals surface area contributed by atoms with Crippen molar-refractivity contribution in [2.75, 3.05) is 13.6 Å². The van der Waals surface area contributed by atoms with Crippen LogP contribution in [0.2, 0.25) is 0 Å². The zero-order valence-electron chi connectivity index (χ0n) is 11.6. The maximum absolute atomic E-state index is 10.7. The average Bonchev–Trinajstić information content (AvgIpc) is 2.45. The summed E-state index contributed by atoms with van der Waals surface area (Å²) in [6, 6.07) is 6.28. The van der Waals surface area contributed by atoms with Gasteiger partial charge < -0.3 is 5.32 Å². The summed E-state index contributed by atoms with van der Waals surface area (Å²) in [5.41, 5.74) is 0.697. The van der Waals surface area contributed by atoms with E-state index in [0.717, 1.165) is 19.4 Å². The van der Waals surface area contributed by atoms with E-state index in [4.69, 9.17) is 12.2 Å². The molecule has 1 aromatic carbocycles. The molecule has 0 aromatic heterocycles. The van der Waals surface area contributed by atoms with Crippen LogP contribution in [0.5, 0.6) is 0 Å². The second-order valence-corrected chi connectivity index (χ2v) is 4.59. The average molecular weight is 294 g/mol. The summed E-state index contributed by atoms with van der Waals surface area (Å²) in [5.74, 6) is 0. The van der Waals surface area contributed by atoms with Gasteiger partial charge in [0, 0.05) is 31.3 Å². The molecule has 20 heavy (non-hydrogen) atoms. The molecule has 0 aliphatic carbocycles. The Morgan fingerprint density at radius 3 is 3.00 bits per heavy atom. The molecule has 0 unspecified atom stereocenters. The Labute approximate surface area is 123 Å². The third kappa shape index (κ3) is 5.31. The number of nitrogens with zero attached hydrogens (tertiary/aromatic N) is 3. The first-order valence-corrected chi connectivity index (χ1v) is 6.75. The van der Waals surface area contributed by atoms with Gasteiger partial charge in [0.2, 0.25) is 0 Å². The maximum atomic E-state index is 10.7. The Bertz CT molecular complexity index is 505. The van der Waals surface area contributed by atoms with Crippen LogP contribution in [0.4, 0.5) is 5.69 Å². The Morgan fingerprint density at radius 2 is 2.35 bits per heavy atom. The number of thiocarbonyl (C=S) groups is 1. The zero-order valence-corrected chi connectivity index (χ0v) is 12.4. The second kappa shape index (κ2) is 8.21. The summed E-state index contributed by atoms with van der Waals surface area (Å²) in [4.78, 5) is 10.2. The molecule has 0 aliphatic heterocycles. The van der Waals surface area contributed by atoms with Crippen LogP contribution < -0.4 is 5.32 Å². The molecule has 1 rings (SSSR count). The van der Waals surface area contributed by atoms with E-state index >= 15 is 0 Å². The molecule has 1 N–H and O–H groups in total. The van der Waals surface area contributed by atoms with Crippen molar-refractivity contribution in [1.29, 1.82) is 0 Å². The lowest BCUT2D eigenvalue weighted by Gasteiger charge is -2.15. The third-order valence-corrected chi connectivity index (χ3v) is 2.97. The van der Waals surface area contributed by atoms with E-state index < -0.39 is 4.92 Å². The van der Waals surface area contributed by atoms with Crippen LogP contribution in [-0.2, 0) is 0 Å². The van der Waals surface area contributed by atoms with E-state index in [0.29, 0.717) is 10.7 Å². The Hall–Kier alpha value is -2.02. The highest BCUT2D eigenvalue weighted by Crippen LogP contribution is 2.11. The van der Waals surface area contributed by atoms with Crippen LogP contribution in [0.3, 0.4) is 0 Å². The van der Waals surface area contributed by atoms with Crippen molar-refractivity contribution >= 4 is 29.2 Å². The van der Waals surface area contributed by atoms with Crippen LogP contribution >= 0.6 is 12.2 Å². The molecule has 0 saturated heterocycles. The van der Waals surface area contributed by atoms with Crippen LogP contribution in [-0.4, -0.2) is 34.9 Å². The van der Waals surface area contributed by atoms with Crippen LogP contribution in [0, 0.1) is 10.1 Å². The van der Waals surface area contributed by atoms with Crippen molar-refractivity contribution in [3.05, 3.63) is 39.9 Å². The Morgan fingerprint density at radius 1 is 1.60 bits per heavy atom. The van der Waals surface area contributed by atoms with Gasteiger partial charge in [-0.25, -0.2) is 5.01 Å². The van der Waals surface area contributed by atoms with Crippen molar-refractivity contribution in [3.8, 4) is 0 Å². The summed E-state index contributed by atoms with van der Waals surface area (Å²) in [7, 11) is 1.73. The van der Waals surface area contributed by atoms with Gasteiger partial charge in [-0.05, 0) is 18.6 Å². The summed E-state index contributed by atoms with van der Waals surface area (Å²) < 4.78 is 0. The van der Waals surface area contributed by atoms with Gasteiger partial charge in [-0.3, -0.25) is 10.1 Å². The van der Waals surface area contributed by atoms with Gasteiger partial charge in [0.1, 0.15) is 0 Å². The molecule has 0 atom stereocenters. The number of rotatable bonds is 6. The van der Waals surface area contributed by atoms with Crippen molar-refractivity contribution in [2.24, 2.45) is 5.10 Å². The van der Waals surface area contributed by atoms with Crippen LogP contribution in [0.25, 0.3) is 0 Å². The van der Waals surface area contributed by atoms with E-state index in [2.05, 4.69) is 17.3 Å². The molecule has 0 bridgehead atoms. The van der Waals surface area contributed by atoms with E-state index in [1.54, 1.807) is 25.4 Å². The third-order valence-electron chi connectivity index (χ3n) is 2.56. The SMILES string of the molecule is CCCCNC(=S)N(C)/N=C/c1cccc([N+](=O)[O-])c1. The molecule has 0 fully saturated rings. The highest BCUT2D eigenvalue weighted by atomic mass is 32.1. The Balaban J connectivity index is 2.60. The molecule has 7 heteroatoms. The molecule has 0 saturated carbocycles. The molecular formula is C13H18N4O2S. The number of hydrogen-bond acceptors (Lipinski definition) is 4. The number of benzene rings is 1. The fraction of sp³-hybridized carbons (Fsp3) is 0.385. The molecule has 0 aliphatic rings. The van der Waals surface area contributed by atoms with E-state index in [9.17, 15) is 10.1 Å². The molecule has 0 amide bonds. The molecule has 0 radical (unpaired) electrons. The lowest BCUT2D eigenvalue weighted by Crippen LogP contribution is -2.34. The molecular weight excluding hydrogens is 276 g/mol. The van der Waals surface area contributed by atoms with Crippen LogP contribution in [0.1, 0.15) is 25.3 Å². The largest absolute Gasteiger partial charge is 0.361 e. The van der Waals surface area contributed by atoms with E-state index in [-0.39, 0.29) is 5.69 Å². The summed E-state index contributed by atoms with van der Waals surface area (Å²) in [6.45, 7) is 2.92.